The van der Waals surface area contributed by atoms with Crippen molar-refractivity contribution in [1.29, 1.82) is 0 Å². The molecule has 1 heterocycles. The Bertz CT molecular complexity index is 242. The van der Waals surface area contributed by atoms with Crippen molar-refractivity contribution in [3.8, 4) is 0 Å². The lowest BCUT2D eigenvalue weighted by Gasteiger charge is -2.44. The van der Waals surface area contributed by atoms with Crippen LogP contribution in [0.15, 0.2) is 0 Å². The van der Waals surface area contributed by atoms with Crippen molar-refractivity contribution >= 4 is 0 Å². The van der Waals surface area contributed by atoms with Crippen molar-refractivity contribution in [3.63, 3.8) is 0 Å². The number of nitrogens with zero attached hydrogens (tertiary/aromatic N) is 1. The molecule has 1 rings (SSSR count). The second-order valence-electron chi connectivity index (χ2n) is 7.45. The fraction of sp³-hybridized carbons (Fsp3) is 1.00. The lowest BCUT2D eigenvalue weighted by molar-refractivity contribution is 0.0819. The van der Waals surface area contributed by atoms with E-state index >= 15 is 0 Å². The minimum atomic E-state index is 0.294. The van der Waals surface area contributed by atoms with Gasteiger partial charge in [0.25, 0.3) is 0 Å². The molecule has 1 atom stereocenters. The Morgan fingerprint density at radius 3 is 2.05 bits per heavy atom. The summed E-state index contributed by atoms with van der Waals surface area (Å²) in [6.07, 6.45) is 15.4. The van der Waals surface area contributed by atoms with Gasteiger partial charge in [0, 0.05) is 11.6 Å². The van der Waals surface area contributed by atoms with Gasteiger partial charge in [-0.2, -0.15) is 0 Å². The number of likely N-dealkylation sites (tertiary alicyclic amines) is 1. The van der Waals surface area contributed by atoms with Crippen molar-refractivity contribution in [2.24, 2.45) is 0 Å². The first-order valence-electron chi connectivity index (χ1n) is 9.55. The Morgan fingerprint density at radius 2 is 1.48 bits per heavy atom. The average molecular weight is 297 g/mol. The highest BCUT2D eigenvalue weighted by Gasteiger charge is 2.34. The molecule has 2 heteroatoms. The molecule has 0 aromatic heterocycles. The standard InChI is InChI=1S/C19H40N2/c1-5-6-7-8-9-12-15-18(20-4)19(2,3)21-16-13-10-11-14-17-21/h18,20H,5-17H2,1-4H3. The molecule has 21 heavy (non-hydrogen) atoms. The quantitative estimate of drug-likeness (QED) is 0.572. The van der Waals surface area contributed by atoms with Crippen LogP contribution < -0.4 is 5.32 Å². The van der Waals surface area contributed by atoms with E-state index in [-0.39, 0.29) is 0 Å². The summed E-state index contributed by atoms with van der Waals surface area (Å²) >= 11 is 0. The van der Waals surface area contributed by atoms with Gasteiger partial charge in [-0.15, -0.1) is 0 Å². The highest BCUT2D eigenvalue weighted by Crippen LogP contribution is 2.26. The van der Waals surface area contributed by atoms with Gasteiger partial charge in [0.2, 0.25) is 0 Å². The van der Waals surface area contributed by atoms with Crippen LogP contribution in [0, 0.1) is 0 Å². The molecule has 1 aliphatic rings. The fourth-order valence-corrected chi connectivity index (χ4v) is 3.85. The van der Waals surface area contributed by atoms with E-state index in [0.29, 0.717) is 11.6 Å². The van der Waals surface area contributed by atoms with Crippen LogP contribution in [-0.4, -0.2) is 36.6 Å². The maximum absolute atomic E-state index is 3.62. The normalized spacial score (nSPS) is 19.4. The van der Waals surface area contributed by atoms with E-state index in [2.05, 4.69) is 38.0 Å². The molecule has 0 saturated carbocycles. The molecule has 1 saturated heterocycles. The lowest BCUT2D eigenvalue weighted by Crippen LogP contribution is -2.57. The van der Waals surface area contributed by atoms with Crippen LogP contribution in [0.25, 0.3) is 0 Å². The van der Waals surface area contributed by atoms with Gasteiger partial charge in [-0.1, -0.05) is 58.3 Å². The van der Waals surface area contributed by atoms with E-state index in [1.165, 1.54) is 83.7 Å². The zero-order chi connectivity index (χ0) is 15.6. The Labute approximate surface area is 134 Å². The summed E-state index contributed by atoms with van der Waals surface area (Å²) in [5.74, 6) is 0. The van der Waals surface area contributed by atoms with Crippen LogP contribution in [0.1, 0.15) is 91.4 Å². The molecule has 0 spiro atoms. The molecule has 126 valence electrons. The first kappa shape index (κ1) is 19.0. The van der Waals surface area contributed by atoms with Gasteiger partial charge in [0.15, 0.2) is 0 Å². The summed E-state index contributed by atoms with van der Waals surface area (Å²) in [4.78, 5) is 2.75. The van der Waals surface area contributed by atoms with Crippen LogP contribution in [0.5, 0.6) is 0 Å². The van der Waals surface area contributed by atoms with E-state index in [1.807, 2.05) is 0 Å². The third kappa shape index (κ3) is 6.69. The highest BCUT2D eigenvalue weighted by molar-refractivity contribution is 4.93. The zero-order valence-electron chi connectivity index (χ0n) is 15.2. The predicted molar refractivity (Wildman–Crippen MR) is 95.0 cm³/mol. The molecule has 1 fully saturated rings. The maximum atomic E-state index is 3.62. The van der Waals surface area contributed by atoms with Gasteiger partial charge in [0.1, 0.15) is 0 Å². The van der Waals surface area contributed by atoms with Gasteiger partial charge in [-0.05, 0) is 53.2 Å². The number of hydrogen-bond acceptors (Lipinski definition) is 2. The van der Waals surface area contributed by atoms with Crippen LogP contribution in [0.4, 0.5) is 0 Å². The monoisotopic (exact) mass is 296 g/mol. The minimum Gasteiger partial charge on any atom is -0.315 e. The first-order valence-corrected chi connectivity index (χ1v) is 9.55. The Kier molecular flexibility index (Phi) is 9.59. The van der Waals surface area contributed by atoms with Crippen molar-refractivity contribution in [2.45, 2.75) is 103 Å². The van der Waals surface area contributed by atoms with Crippen molar-refractivity contribution in [2.75, 3.05) is 20.1 Å². The van der Waals surface area contributed by atoms with E-state index in [9.17, 15) is 0 Å². The molecule has 0 aromatic rings. The van der Waals surface area contributed by atoms with E-state index < -0.39 is 0 Å². The molecule has 1 unspecified atom stereocenters. The lowest BCUT2D eigenvalue weighted by atomic mass is 9.88. The second-order valence-corrected chi connectivity index (χ2v) is 7.45. The van der Waals surface area contributed by atoms with Crippen molar-refractivity contribution in [1.82, 2.24) is 10.2 Å². The minimum absolute atomic E-state index is 0.294. The van der Waals surface area contributed by atoms with Crippen LogP contribution in [0.3, 0.4) is 0 Å². The summed E-state index contributed by atoms with van der Waals surface area (Å²) < 4.78 is 0. The predicted octanol–water partition coefficient (Wildman–Crippen LogP) is 4.98. The molecule has 2 nitrogen and oxygen atoms in total. The van der Waals surface area contributed by atoms with Crippen molar-refractivity contribution in [3.05, 3.63) is 0 Å². The number of rotatable bonds is 10. The summed E-state index contributed by atoms with van der Waals surface area (Å²) in [5.41, 5.74) is 0.294. The summed E-state index contributed by atoms with van der Waals surface area (Å²) in [7, 11) is 2.15. The molecule has 0 amide bonds. The molecule has 1 aliphatic heterocycles. The van der Waals surface area contributed by atoms with Gasteiger partial charge in [-0.25, -0.2) is 0 Å². The summed E-state index contributed by atoms with van der Waals surface area (Å²) in [5, 5.41) is 3.62. The number of hydrogen-bond donors (Lipinski definition) is 1. The SMILES string of the molecule is CCCCCCCCC(NC)C(C)(C)N1CCCCCC1. The van der Waals surface area contributed by atoms with Crippen LogP contribution >= 0.6 is 0 Å². The fourth-order valence-electron chi connectivity index (χ4n) is 3.85. The molecule has 0 radical (unpaired) electrons. The van der Waals surface area contributed by atoms with Gasteiger partial charge in [0.05, 0.1) is 0 Å². The largest absolute Gasteiger partial charge is 0.315 e. The molecular weight excluding hydrogens is 256 g/mol. The topological polar surface area (TPSA) is 15.3 Å². The summed E-state index contributed by atoms with van der Waals surface area (Å²) in [6.45, 7) is 9.79. The third-order valence-electron chi connectivity index (χ3n) is 5.47. The molecule has 0 aromatic carbocycles. The first-order chi connectivity index (χ1) is 10.1. The van der Waals surface area contributed by atoms with Gasteiger partial charge < -0.3 is 5.32 Å². The van der Waals surface area contributed by atoms with Gasteiger partial charge in [-0.3, -0.25) is 4.90 Å². The van der Waals surface area contributed by atoms with E-state index in [1.54, 1.807) is 0 Å². The Hall–Kier alpha value is -0.0800. The van der Waals surface area contributed by atoms with E-state index in [4.69, 9.17) is 0 Å². The zero-order valence-corrected chi connectivity index (χ0v) is 15.2. The van der Waals surface area contributed by atoms with Crippen LogP contribution in [0.2, 0.25) is 0 Å². The average Bonchev–Trinajstić information content (AvgIpc) is 2.76. The Balaban J connectivity index is 2.37. The maximum Gasteiger partial charge on any atom is 0.0306 e. The number of likely N-dealkylation sites (N-methyl/N-ethyl adjacent to an activating group) is 1. The Morgan fingerprint density at radius 1 is 0.905 bits per heavy atom. The molecular formula is C19H40N2. The van der Waals surface area contributed by atoms with Gasteiger partial charge >= 0.3 is 0 Å². The third-order valence-corrected chi connectivity index (χ3v) is 5.47. The molecule has 0 aliphatic carbocycles. The number of unbranched alkanes of at least 4 members (excludes halogenated alkanes) is 5. The summed E-state index contributed by atoms with van der Waals surface area (Å²) in [6, 6.07) is 0.627. The van der Waals surface area contributed by atoms with E-state index in [0.717, 1.165) is 0 Å². The molecule has 1 N–H and O–H groups in total. The van der Waals surface area contributed by atoms with Crippen molar-refractivity contribution < 1.29 is 0 Å². The van der Waals surface area contributed by atoms with Crippen LogP contribution in [-0.2, 0) is 0 Å². The smallest absolute Gasteiger partial charge is 0.0306 e. The number of nitrogens with one attached hydrogen (secondary N) is 1. The highest BCUT2D eigenvalue weighted by atomic mass is 15.2. The second kappa shape index (κ2) is 10.6. The molecule has 0 bridgehead atoms.